The summed E-state index contributed by atoms with van der Waals surface area (Å²) in [5.41, 5.74) is 2.50. The lowest BCUT2D eigenvalue weighted by atomic mass is 9.96. The van der Waals surface area contributed by atoms with E-state index in [-0.39, 0.29) is 12.0 Å². The second-order valence-corrected chi connectivity index (χ2v) is 4.82. The predicted molar refractivity (Wildman–Crippen MR) is 72.7 cm³/mol. The minimum atomic E-state index is -0.0830. The molecule has 18 heavy (non-hydrogen) atoms. The van der Waals surface area contributed by atoms with Crippen LogP contribution in [0.5, 0.6) is 0 Å². The fourth-order valence-electron chi connectivity index (χ4n) is 2.24. The number of aryl methyl sites for hydroxylation is 1. The third-order valence-electron chi connectivity index (χ3n) is 3.31. The van der Waals surface area contributed by atoms with Gasteiger partial charge in [0.1, 0.15) is 0 Å². The molecule has 1 aliphatic rings. The van der Waals surface area contributed by atoms with Crippen molar-refractivity contribution in [3.05, 3.63) is 29.8 Å². The summed E-state index contributed by atoms with van der Waals surface area (Å²) in [5, 5.41) is 3.42. The molecule has 0 aliphatic carbocycles. The van der Waals surface area contributed by atoms with Crippen molar-refractivity contribution in [3.63, 3.8) is 0 Å². The maximum Gasteiger partial charge on any atom is 0.307 e. The van der Waals surface area contributed by atoms with Crippen LogP contribution in [0.25, 0.3) is 0 Å². The van der Waals surface area contributed by atoms with Gasteiger partial charge in [-0.1, -0.05) is 31.5 Å². The first-order valence-corrected chi connectivity index (χ1v) is 6.79. The largest absolute Gasteiger partial charge is 0.466 e. The molecule has 3 nitrogen and oxygen atoms in total. The van der Waals surface area contributed by atoms with E-state index in [1.165, 1.54) is 5.56 Å². The van der Waals surface area contributed by atoms with Gasteiger partial charge >= 0.3 is 5.97 Å². The highest BCUT2D eigenvalue weighted by molar-refractivity contribution is 5.71. The topological polar surface area (TPSA) is 38.3 Å². The molecule has 0 radical (unpaired) electrons. The third kappa shape index (κ3) is 3.49. The van der Waals surface area contributed by atoms with Gasteiger partial charge in [-0.25, -0.2) is 0 Å². The first kappa shape index (κ1) is 12.9. The van der Waals surface area contributed by atoms with Gasteiger partial charge in [0.2, 0.25) is 0 Å². The minimum absolute atomic E-state index is 0.0830. The van der Waals surface area contributed by atoms with E-state index in [1.807, 2.05) is 6.07 Å². The minimum Gasteiger partial charge on any atom is -0.466 e. The molecule has 0 fully saturated rings. The van der Waals surface area contributed by atoms with E-state index < -0.39 is 0 Å². The normalized spacial score (nSPS) is 17.7. The fourth-order valence-corrected chi connectivity index (χ4v) is 2.24. The van der Waals surface area contributed by atoms with Gasteiger partial charge in [0.05, 0.1) is 13.0 Å². The van der Waals surface area contributed by atoms with Gasteiger partial charge in [0.25, 0.3) is 0 Å². The van der Waals surface area contributed by atoms with E-state index in [2.05, 4.69) is 30.4 Å². The Balaban J connectivity index is 1.80. The van der Waals surface area contributed by atoms with Gasteiger partial charge in [-0.2, -0.15) is 0 Å². The molecule has 0 amide bonds. The molecule has 0 saturated heterocycles. The van der Waals surface area contributed by atoms with Crippen LogP contribution in [0.1, 0.15) is 38.2 Å². The predicted octanol–water partition coefficient (Wildman–Crippen LogP) is 3.15. The highest BCUT2D eigenvalue weighted by Crippen LogP contribution is 2.25. The number of unbranched alkanes of at least 4 members (excludes halogenated alkanes) is 1. The van der Waals surface area contributed by atoms with E-state index in [9.17, 15) is 4.79 Å². The van der Waals surface area contributed by atoms with Gasteiger partial charge in [0.15, 0.2) is 0 Å². The Hall–Kier alpha value is -1.51. The number of benzene rings is 1. The molecule has 3 heteroatoms. The average Bonchev–Trinajstić information content (AvgIpc) is 2.39. The Morgan fingerprint density at radius 1 is 1.44 bits per heavy atom. The molecule has 1 aliphatic heterocycles. The van der Waals surface area contributed by atoms with Crippen molar-refractivity contribution < 1.29 is 9.53 Å². The van der Waals surface area contributed by atoms with Crippen LogP contribution in [-0.2, 0) is 16.0 Å². The summed E-state index contributed by atoms with van der Waals surface area (Å²) in [6, 6.07) is 8.50. The van der Waals surface area contributed by atoms with E-state index in [0.717, 1.165) is 31.4 Å². The first-order chi connectivity index (χ1) is 8.79. The lowest BCUT2D eigenvalue weighted by molar-refractivity contribution is -0.144. The Morgan fingerprint density at radius 3 is 3.11 bits per heavy atom. The van der Waals surface area contributed by atoms with Crippen LogP contribution in [0.4, 0.5) is 5.69 Å². The van der Waals surface area contributed by atoms with E-state index in [0.29, 0.717) is 13.0 Å². The molecule has 1 unspecified atom stereocenters. The summed E-state index contributed by atoms with van der Waals surface area (Å²) in [7, 11) is 0. The zero-order valence-electron chi connectivity index (χ0n) is 10.9. The van der Waals surface area contributed by atoms with Crippen molar-refractivity contribution in [3.8, 4) is 0 Å². The number of carbonyl (C=O) groups excluding carboxylic acids is 1. The summed E-state index contributed by atoms with van der Waals surface area (Å²) in [5.74, 6) is -0.0830. The average molecular weight is 247 g/mol. The van der Waals surface area contributed by atoms with Crippen LogP contribution in [0, 0.1) is 0 Å². The van der Waals surface area contributed by atoms with Crippen molar-refractivity contribution >= 4 is 11.7 Å². The SMILES string of the molecule is CCCCOC(=O)CC1CCc2ccccc2N1. The van der Waals surface area contributed by atoms with E-state index in [4.69, 9.17) is 4.74 Å². The van der Waals surface area contributed by atoms with Gasteiger partial charge in [0, 0.05) is 11.7 Å². The number of anilines is 1. The number of hydrogen-bond donors (Lipinski definition) is 1. The highest BCUT2D eigenvalue weighted by Gasteiger charge is 2.20. The lowest BCUT2D eigenvalue weighted by Gasteiger charge is -2.26. The Bertz CT molecular complexity index is 403. The standard InChI is InChI=1S/C15H21NO2/c1-2-3-10-18-15(17)11-13-9-8-12-6-4-5-7-14(12)16-13/h4-7,13,16H,2-3,8-11H2,1H3. The zero-order valence-corrected chi connectivity index (χ0v) is 10.9. The van der Waals surface area contributed by atoms with Crippen LogP contribution >= 0.6 is 0 Å². The Labute approximate surface area is 109 Å². The molecule has 1 aromatic rings. The van der Waals surface area contributed by atoms with Crippen molar-refractivity contribution in [2.75, 3.05) is 11.9 Å². The molecule has 1 heterocycles. The van der Waals surface area contributed by atoms with Crippen LogP contribution in [0.15, 0.2) is 24.3 Å². The number of esters is 1. The number of fused-ring (bicyclic) bond motifs is 1. The van der Waals surface area contributed by atoms with Crippen LogP contribution < -0.4 is 5.32 Å². The second kappa shape index (κ2) is 6.43. The molecule has 0 spiro atoms. The Morgan fingerprint density at radius 2 is 2.28 bits per heavy atom. The number of rotatable bonds is 5. The zero-order chi connectivity index (χ0) is 12.8. The lowest BCUT2D eigenvalue weighted by Crippen LogP contribution is -2.28. The number of carbonyl (C=O) groups is 1. The molecule has 2 rings (SSSR count). The van der Waals surface area contributed by atoms with Crippen molar-refractivity contribution in [2.45, 2.75) is 45.1 Å². The molecule has 1 aromatic carbocycles. The maximum absolute atomic E-state index is 11.6. The number of para-hydroxylation sites is 1. The maximum atomic E-state index is 11.6. The number of hydrogen-bond acceptors (Lipinski definition) is 3. The molecular formula is C15H21NO2. The van der Waals surface area contributed by atoms with Crippen molar-refractivity contribution in [1.29, 1.82) is 0 Å². The van der Waals surface area contributed by atoms with Gasteiger partial charge < -0.3 is 10.1 Å². The van der Waals surface area contributed by atoms with Crippen LogP contribution in [0.3, 0.4) is 0 Å². The van der Waals surface area contributed by atoms with Crippen molar-refractivity contribution in [2.24, 2.45) is 0 Å². The molecular weight excluding hydrogens is 226 g/mol. The monoisotopic (exact) mass is 247 g/mol. The molecule has 1 atom stereocenters. The first-order valence-electron chi connectivity index (χ1n) is 6.79. The Kier molecular flexibility index (Phi) is 4.62. The molecule has 0 aromatic heterocycles. The summed E-state index contributed by atoms with van der Waals surface area (Å²) < 4.78 is 5.19. The number of nitrogens with one attached hydrogen (secondary N) is 1. The quantitative estimate of drug-likeness (QED) is 0.641. The molecule has 98 valence electrons. The van der Waals surface area contributed by atoms with Gasteiger partial charge in [-0.3, -0.25) is 4.79 Å². The van der Waals surface area contributed by atoms with Crippen LogP contribution in [0.2, 0.25) is 0 Å². The highest BCUT2D eigenvalue weighted by atomic mass is 16.5. The van der Waals surface area contributed by atoms with E-state index >= 15 is 0 Å². The second-order valence-electron chi connectivity index (χ2n) is 4.82. The van der Waals surface area contributed by atoms with Gasteiger partial charge in [-0.05, 0) is 30.9 Å². The third-order valence-corrected chi connectivity index (χ3v) is 3.31. The van der Waals surface area contributed by atoms with Crippen molar-refractivity contribution in [1.82, 2.24) is 0 Å². The van der Waals surface area contributed by atoms with Gasteiger partial charge in [-0.15, -0.1) is 0 Å². The fraction of sp³-hybridized carbons (Fsp3) is 0.533. The summed E-state index contributed by atoms with van der Waals surface area (Å²) >= 11 is 0. The summed E-state index contributed by atoms with van der Waals surface area (Å²) in [4.78, 5) is 11.6. The van der Waals surface area contributed by atoms with Crippen LogP contribution in [-0.4, -0.2) is 18.6 Å². The molecule has 1 N–H and O–H groups in total. The molecule has 0 bridgehead atoms. The van der Waals surface area contributed by atoms with E-state index in [1.54, 1.807) is 0 Å². The number of ether oxygens (including phenoxy) is 1. The molecule has 0 saturated carbocycles. The summed E-state index contributed by atoms with van der Waals surface area (Å²) in [6.07, 6.45) is 4.52. The summed E-state index contributed by atoms with van der Waals surface area (Å²) in [6.45, 7) is 2.64. The smallest absolute Gasteiger partial charge is 0.307 e.